The normalized spacial score (nSPS) is 10.9. The Morgan fingerprint density at radius 3 is 1.00 bits per heavy atom. The van der Waals surface area contributed by atoms with E-state index in [1.165, 1.54) is 13.8 Å². The van der Waals surface area contributed by atoms with Crippen LogP contribution in [0.4, 0.5) is 0 Å². The number of ether oxygens (including phenoxy) is 10. The zero-order chi connectivity index (χ0) is 35.2. The summed E-state index contributed by atoms with van der Waals surface area (Å²) in [5, 5.41) is 0. The highest BCUT2D eigenvalue weighted by molar-refractivity contribution is 14.1. The van der Waals surface area contributed by atoms with Gasteiger partial charge in [-0.2, -0.15) is 0 Å². The summed E-state index contributed by atoms with van der Waals surface area (Å²) in [6.07, 6.45) is 0.572. The number of Topliss-reactive ketones (excluding diaryl/α,β-unsaturated/α-hetero) is 2. The Bertz CT molecular complexity index is 974. The minimum absolute atomic E-state index is 0.0430. The Hall–Kier alpha value is -1.68. The number of benzene rings is 1. The zero-order valence-corrected chi connectivity index (χ0v) is 32.1. The number of ketones is 2. The van der Waals surface area contributed by atoms with Gasteiger partial charge >= 0.3 is 11.9 Å². The predicted molar refractivity (Wildman–Crippen MR) is 190 cm³/mol. The van der Waals surface area contributed by atoms with Gasteiger partial charge in [-0.3, -0.25) is 9.59 Å². The van der Waals surface area contributed by atoms with Crippen LogP contribution in [-0.2, 0) is 57.1 Å². The van der Waals surface area contributed by atoms with E-state index < -0.39 is 11.9 Å². The smallest absolute Gasteiger partial charge is 0.306 e. The van der Waals surface area contributed by atoms with E-state index in [-0.39, 0.29) is 63.7 Å². The lowest BCUT2D eigenvalue weighted by Gasteiger charge is -2.13. The molecule has 0 aliphatic rings. The van der Waals surface area contributed by atoms with Crippen LogP contribution in [0, 0.1) is 7.14 Å². The number of esters is 2. The third kappa shape index (κ3) is 26.2. The molecule has 0 aliphatic heterocycles. The van der Waals surface area contributed by atoms with Gasteiger partial charge in [0.15, 0.2) is 0 Å². The molecule has 274 valence electrons. The first kappa shape index (κ1) is 44.3. The fourth-order valence-electron chi connectivity index (χ4n) is 3.37. The third-order valence-corrected chi connectivity index (χ3v) is 7.47. The molecule has 0 unspecified atom stereocenters. The lowest BCUT2D eigenvalue weighted by atomic mass is 10.2. The van der Waals surface area contributed by atoms with E-state index in [1.54, 1.807) is 0 Å². The molecule has 14 nitrogen and oxygen atoms in total. The summed E-state index contributed by atoms with van der Waals surface area (Å²) in [6.45, 7) is 8.55. The van der Waals surface area contributed by atoms with E-state index in [2.05, 4.69) is 45.2 Å². The van der Waals surface area contributed by atoms with E-state index in [1.807, 2.05) is 12.1 Å². The summed E-state index contributed by atoms with van der Waals surface area (Å²) in [5.74, 6) is 0.602. The topological polar surface area (TPSA) is 161 Å². The van der Waals surface area contributed by atoms with Crippen LogP contribution >= 0.6 is 45.2 Å². The van der Waals surface area contributed by atoms with Gasteiger partial charge in [-0.05, 0) is 71.2 Å². The maximum absolute atomic E-state index is 11.4. The van der Waals surface area contributed by atoms with Crippen molar-refractivity contribution in [1.82, 2.24) is 0 Å². The second-order valence-corrected chi connectivity index (χ2v) is 12.3. The molecule has 0 saturated heterocycles. The molecule has 48 heavy (non-hydrogen) atoms. The lowest BCUT2D eigenvalue weighted by molar-refractivity contribution is -0.146. The van der Waals surface area contributed by atoms with Crippen molar-refractivity contribution in [3.05, 3.63) is 19.3 Å². The van der Waals surface area contributed by atoms with Gasteiger partial charge in [-0.15, -0.1) is 0 Å². The molecule has 0 atom stereocenters. The molecule has 0 saturated carbocycles. The standard InChI is InChI=1S/C32H48I2O14/c1-25(35)3-5-31(37)47-21-17-43-13-9-39-7-11-41-15-19-45-29-23-28(34)30(24-27(29)33)46-20-16-42-12-8-40-10-14-44-18-22-48-32(38)6-4-26(2)36/h23-24H,3-22H2,1-2H3. The first-order valence-corrected chi connectivity index (χ1v) is 17.9. The number of carbonyl (C=O) groups excluding carboxylic acids is 4. The van der Waals surface area contributed by atoms with Gasteiger partial charge in [0.05, 0.1) is 99.3 Å². The highest BCUT2D eigenvalue weighted by Gasteiger charge is 2.10. The van der Waals surface area contributed by atoms with Crippen molar-refractivity contribution in [3.63, 3.8) is 0 Å². The Morgan fingerprint density at radius 2 is 0.708 bits per heavy atom. The van der Waals surface area contributed by atoms with Gasteiger partial charge in [0, 0.05) is 12.8 Å². The van der Waals surface area contributed by atoms with Crippen molar-refractivity contribution in [1.29, 1.82) is 0 Å². The Labute approximate surface area is 309 Å². The fraction of sp³-hybridized carbons (Fsp3) is 0.688. The zero-order valence-electron chi connectivity index (χ0n) is 27.8. The van der Waals surface area contributed by atoms with Gasteiger partial charge in [0.25, 0.3) is 0 Å². The molecule has 0 aliphatic carbocycles. The highest BCUT2D eigenvalue weighted by Crippen LogP contribution is 2.31. The van der Waals surface area contributed by atoms with Crippen LogP contribution in [0.2, 0.25) is 0 Å². The highest BCUT2D eigenvalue weighted by atomic mass is 127. The van der Waals surface area contributed by atoms with Crippen molar-refractivity contribution < 1.29 is 66.5 Å². The summed E-state index contributed by atoms with van der Waals surface area (Å²) < 4.78 is 56.2. The van der Waals surface area contributed by atoms with E-state index in [0.29, 0.717) is 79.3 Å². The minimum Gasteiger partial charge on any atom is -0.490 e. The summed E-state index contributed by atoms with van der Waals surface area (Å²) in [6, 6.07) is 3.84. The molecule has 0 amide bonds. The van der Waals surface area contributed by atoms with Crippen molar-refractivity contribution >= 4 is 68.7 Å². The Kier molecular flexibility index (Phi) is 27.9. The monoisotopic (exact) mass is 910 g/mol. The van der Waals surface area contributed by atoms with E-state index >= 15 is 0 Å². The fourth-order valence-corrected chi connectivity index (χ4v) is 4.55. The second kappa shape index (κ2) is 30.2. The number of rotatable bonds is 32. The first-order chi connectivity index (χ1) is 23.2. The summed E-state index contributed by atoms with van der Waals surface area (Å²) >= 11 is 4.41. The molecular weight excluding hydrogens is 862 g/mol. The van der Waals surface area contributed by atoms with E-state index in [4.69, 9.17) is 47.4 Å². The van der Waals surface area contributed by atoms with Crippen LogP contribution in [0.15, 0.2) is 12.1 Å². The van der Waals surface area contributed by atoms with Gasteiger partial charge in [0.2, 0.25) is 0 Å². The predicted octanol–water partition coefficient (Wildman–Crippen LogP) is 3.58. The number of carbonyl (C=O) groups is 4. The Balaban J connectivity index is 1.97. The van der Waals surface area contributed by atoms with Gasteiger partial charge in [-0.25, -0.2) is 0 Å². The molecule has 0 N–H and O–H groups in total. The van der Waals surface area contributed by atoms with Gasteiger partial charge in [0.1, 0.15) is 49.5 Å². The quantitative estimate of drug-likeness (QED) is 0.0587. The number of hydrogen-bond acceptors (Lipinski definition) is 14. The van der Waals surface area contributed by atoms with Crippen LogP contribution in [-0.4, -0.2) is 129 Å². The lowest BCUT2D eigenvalue weighted by Crippen LogP contribution is -2.15. The van der Waals surface area contributed by atoms with Crippen molar-refractivity contribution in [2.45, 2.75) is 39.5 Å². The van der Waals surface area contributed by atoms with Crippen LogP contribution < -0.4 is 9.47 Å². The van der Waals surface area contributed by atoms with Gasteiger partial charge in [-0.1, -0.05) is 0 Å². The van der Waals surface area contributed by atoms with E-state index in [9.17, 15) is 19.2 Å². The molecule has 1 rings (SSSR count). The van der Waals surface area contributed by atoms with Crippen molar-refractivity contribution in [2.75, 3.05) is 106 Å². The molecule has 0 aromatic heterocycles. The molecule has 0 spiro atoms. The third-order valence-electron chi connectivity index (χ3n) is 5.79. The van der Waals surface area contributed by atoms with Crippen LogP contribution in [0.1, 0.15) is 39.5 Å². The molecule has 1 aromatic carbocycles. The van der Waals surface area contributed by atoms with E-state index in [0.717, 1.165) is 18.6 Å². The van der Waals surface area contributed by atoms with Crippen molar-refractivity contribution in [2.24, 2.45) is 0 Å². The van der Waals surface area contributed by atoms with Crippen molar-refractivity contribution in [3.8, 4) is 11.5 Å². The average molecular weight is 911 g/mol. The molecule has 0 fully saturated rings. The minimum atomic E-state index is -0.403. The summed E-state index contributed by atoms with van der Waals surface area (Å²) in [4.78, 5) is 44.4. The second-order valence-electron chi connectivity index (χ2n) is 9.93. The maximum atomic E-state index is 11.4. The summed E-state index contributed by atoms with van der Waals surface area (Å²) in [7, 11) is 0. The number of hydrogen-bond donors (Lipinski definition) is 0. The van der Waals surface area contributed by atoms with Gasteiger partial charge < -0.3 is 57.0 Å². The number of halogens is 2. The maximum Gasteiger partial charge on any atom is 0.306 e. The van der Waals surface area contributed by atoms with Crippen LogP contribution in [0.5, 0.6) is 11.5 Å². The average Bonchev–Trinajstić information content (AvgIpc) is 3.05. The van der Waals surface area contributed by atoms with Crippen LogP contribution in [0.25, 0.3) is 0 Å². The summed E-state index contributed by atoms with van der Waals surface area (Å²) in [5.41, 5.74) is 0. The molecule has 16 heteroatoms. The molecule has 0 heterocycles. The Morgan fingerprint density at radius 1 is 0.438 bits per heavy atom. The largest absolute Gasteiger partial charge is 0.490 e. The van der Waals surface area contributed by atoms with Crippen LogP contribution in [0.3, 0.4) is 0 Å². The molecular formula is C32H48I2O14. The SMILES string of the molecule is CC(=O)CCC(=O)OCCOCCOCCOCCOc1cc(I)c(OCCOCCOCCOCCOC(=O)CCC(C)=O)cc1I. The molecule has 0 radical (unpaired) electrons. The molecule has 0 bridgehead atoms. The first-order valence-electron chi connectivity index (χ1n) is 15.7. The molecule has 1 aromatic rings.